The third-order valence-electron chi connectivity index (χ3n) is 3.41. The summed E-state index contributed by atoms with van der Waals surface area (Å²) in [6.45, 7) is 25.1. The Morgan fingerprint density at radius 1 is 0.552 bits per heavy atom. The van der Waals surface area contributed by atoms with Crippen molar-refractivity contribution in [1.82, 2.24) is 0 Å². The summed E-state index contributed by atoms with van der Waals surface area (Å²) >= 11 is 0. The molecule has 29 heavy (non-hydrogen) atoms. The maximum Gasteiger partial charge on any atom is 4.00 e. The molecule has 0 saturated carbocycles. The topological polar surface area (TPSA) is 37.3 Å². The van der Waals surface area contributed by atoms with E-state index in [0.29, 0.717) is 6.42 Å². The normalized spacial score (nSPS) is 8.31. The number of aliphatic carboxylic acids is 1. The van der Waals surface area contributed by atoms with Crippen molar-refractivity contribution < 1.29 is 29.7 Å². The van der Waals surface area contributed by atoms with Gasteiger partial charge in [-0.05, 0) is 6.42 Å². The van der Waals surface area contributed by atoms with E-state index < -0.39 is 5.97 Å². The van der Waals surface area contributed by atoms with Crippen LogP contribution in [0.2, 0.25) is 0 Å². The predicted molar refractivity (Wildman–Crippen MR) is 131 cm³/mol. The maximum absolute atomic E-state index is 10.1. The molecule has 0 aliphatic carbocycles. The quantitative estimate of drug-likeness (QED) is 0.181. The van der Waals surface area contributed by atoms with Gasteiger partial charge in [-0.1, -0.05) is 98.8 Å². The second-order valence-corrected chi connectivity index (χ2v) is 6.68. The minimum atomic E-state index is -0.663. The summed E-state index contributed by atoms with van der Waals surface area (Å²) in [5, 5.41) is 8.35. The molecular weight excluding hydrogens is 535 g/mol. The van der Waals surface area contributed by atoms with Gasteiger partial charge < -0.3 is 32.8 Å². The summed E-state index contributed by atoms with van der Waals surface area (Å²) in [7, 11) is 0. The van der Waals surface area contributed by atoms with E-state index in [0.717, 1.165) is 38.5 Å². The standard InChI is InChI=1S/C10H20O2.4C4H9.Os/c1-2-3-4-5-6-7-8-9-10(11)12;4*1-3-4-2;/h2-9H2,1H3,(H,11,12);4*1,3-4H2,2H3;/q;4*-1;+4. The first kappa shape index (κ1) is 43.1. The molecule has 0 fully saturated rings. The molecule has 0 unspecified atom stereocenters. The summed E-state index contributed by atoms with van der Waals surface area (Å²) in [6, 6.07) is 0. The first-order chi connectivity index (χ1) is 13.4. The third-order valence-corrected chi connectivity index (χ3v) is 3.41. The smallest absolute Gasteiger partial charge is 0.481 e. The summed E-state index contributed by atoms with van der Waals surface area (Å²) in [4.78, 5) is 10.1. The fraction of sp³-hybridized carbons (Fsp3) is 0.808. The molecular formula is C26H56O2Os. The number of hydrogen-bond acceptors (Lipinski definition) is 1. The molecule has 0 aromatic carbocycles. The van der Waals surface area contributed by atoms with E-state index in [-0.39, 0.29) is 19.8 Å². The molecule has 0 atom stereocenters. The summed E-state index contributed by atoms with van der Waals surface area (Å²) in [5.41, 5.74) is 0. The number of rotatable bonds is 12. The van der Waals surface area contributed by atoms with Gasteiger partial charge in [-0.25, -0.2) is 0 Å². The Bertz CT molecular complexity index is 185. The second kappa shape index (κ2) is 56.6. The van der Waals surface area contributed by atoms with E-state index in [1.54, 1.807) is 0 Å². The van der Waals surface area contributed by atoms with E-state index in [2.05, 4.69) is 62.3 Å². The van der Waals surface area contributed by atoms with E-state index in [1.165, 1.54) is 57.8 Å². The minimum Gasteiger partial charge on any atom is -0.481 e. The molecule has 0 aliphatic heterocycles. The average Bonchev–Trinajstić information content (AvgIpc) is 2.73. The van der Waals surface area contributed by atoms with Crippen LogP contribution in [0.15, 0.2) is 0 Å². The fourth-order valence-electron chi connectivity index (χ4n) is 1.23. The van der Waals surface area contributed by atoms with Crippen molar-refractivity contribution in [2.45, 2.75) is 137 Å². The van der Waals surface area contributed by atoms with Crippen molar-refractivity contribution in [2.75, 3.05) is 0 Å². The number of carboxylic acids is 1. The zero-order valence-electron chi connectivity index (χ0n) is 20.9. The largest absolute Gasteiger partial charge is 4.00 e. The van der Waals surface area contributed by atoms with Crippen LogP contribution in [0.25, 0.3) is 0 Å². The Kier molecular flexibility index (Phi) is 84.0. The van der Waals surface area contributed by atoms with Crippen LogP contribution in [0.5, 0.6) is 0 Å². The van der Waals surface area contributed by atoms with Gasteiger partial charge in [0.05, 0.1) is 0 Å². The van der Waals surface area contributed by atoms with Crippen LogP contribution in [0.3, 0.4) is 0 Å². The predicted octanol–water partition coefficient (Wildman–Crippen LogP) is 9.69. The first-order valence-corrected chi connectivity index (χ1v) is 11.8. The molecule has 180 valence electrons. The van der Waals surface area contributed by atoms with Gasteiger partial charge in [0.15, 0.2) is 0 Å². The molecule has 1 N–H and O–H groups in total. The van der Waals surface area contributed by atoms with Crippen LogP contribution < -0.4 is 0 Å². The van der Waals surface area contributed by atoms with Crippen LogP contribution in [0, 0.1) is 27.7 Å². The Hall–Kier alpha value is 0.106. The summed E-state index contributed by atoms with van der Waals surface area (Å²) in [5.74, 6) is -0.663. The fourth-order valence-corrected chi connectivity index (χ4v) is 1.23. The van der Waals surface area contributed by atoms with Gasteiger partial charge >= 0.3 is 25.8 Å². The molecule has 0 heterocycles. The Labute approximate surface area is 200 Å². The Morgan fingerprint density at radius 2 is 0.793 bits per heavy atom. The molecule has 0 aromatic rings. The zero-order chi connectivity index (χ0) is 22.9. The molecule has 0 radical (unpaired) electrons. The van der Waals surface area contributed by atoms with E-state index in [9.17, 15) is 4.79 Å². The van der Waals surface area contributed by atoms with Crippen LogP contribution in [-0.4, -0.2) is 11.1 Å². The van der Waals surface area contributed by atoms with Gasteiger partial charge in [-0.15, -0.1) is 0 Å². The van der Waals surface area contributed by atoms with Crippen molar-refractivity contribution in [3.8, 4) is 0 Å². The molecule has 0 aliphatic rings. The van der Waals surface area contributed by atoms with Crippen LogP contribution >= 0.6 is 0 Å². The van der Waals surface area contributed by atoms with Crippen LogP contribution in [-0.2, 0) is 24.6 Å². The van der Waals surface area contributed by atoms with Crippen molar-refractivity contribution in [3.05, 3.63) is 27.7 Å². The van der Waals surface area contributed by atoms with Gasteiger partial charge in [0.2, 0.25) is 0 Å². The number of unbranched alkanes of at least 4 members (excludes halogenated alkanes) is 10. The molecule has 0 amide bonds. The Morgan fingerprint density at radius 3 is 1.00 bits per heavy atom. The van der Waals surface area contributed by atoms with Gasteiger partial charge in [0, 0.05) is 6.42 Å². The van der Waals surface area contributed by atoms with E-state index >= 15 is 0 Å². The molecule has 0 rings (SSSR count). The van der Waals surface area contributed by atoms with Crippen molar-refractivity contribution in [1.29, 1.82) is 0 Å². The Balaban J connectivity index is -0.0000000648. The van der Waals surface area contributed by atoms with E-state index in [1.807, 2.05) is 0 Å². The van der Waals surface area contributed by atoms with Gasteiger partial charge in [0.25, 0.3) is 0 Å². The molecule has 0 spiro atoms. The zero-order valence-corrected chi connectivity index (χ0v) is 23.4. The minimum absolute atomic E-state index is 0. The monoisotopic (exact) mass is 592 g/mol. The number of hydrogen-bond donors (Lipinski definition) is 1. The maximum atomic E-state index is 10.1. The van der Waals surface area contributed by atoms with Crippen LogP contribution in [0.4, 0.5) is 0 Å². The molecule has 0 bridgehead atoms. The molecule has 2 nitrogen and oxygen atoms in total. The number of carbonyl (C=O) groups is 1. The van der Waals surface area contributed by atoms with Crippen molar-refractivity contribution in [2.24, 2.45) is 0 Å². The summed E-state index contributed by atoms with van der Waals surface area (Å²) < 4.78 is 0. The third kappa shape index (κ3) is 112. The number of carboxylic acid groups (broad SMARTS) is 1. The van der Waals surface area contributed by atoms with Gasteiger partial charge in [-0.3, -0.25) is 4.79 Å². The SMILES string of the molecule is CCCCCCCCCC(=O)O.[CH2-]CCC.[CH2-]CCC.[CH2-]CCC.[CH2-]CCC.[Os+4]. The second-order valence-electron chi connectivity index (χ2n) is 6.68. The van der Waals surface area contributed by atoms with E-state index in [4.69, 9.17) is 5.11 Å². The molecule has 3 heteroatoms. The average molecular weight is 591 g/mol. The van der Waals surface area contributed by atoms with Crippen LogP contribution in [0.1, 0.15) is 137 Å². The van der Waals surface area contributed by atoms with Gasteiger partial charge in [0.1, 0.15) is 0 Å². The molecule has 0 aromatic heterocycles. The van der Waals surface area contributed by atoms with Crippen molar-refractivity contribution in [3.63, 3.8) is 0 Å². The first-order valence-electron chi connectivity index (χ1n) is 11.8. The summed E-state index contributed by atoms with van der Waals surface area (Å²) in [6.07, 6.45) is 17.8. The van der Waals surface area contributed by atoms with Gasteiger partial charge in [-0.2, -0.15) is 25.7 Å². The van der Waals surface area contributed by atoms with Crippen molar-refractivity contribution >= 4 is 5.97 Å². The molecule has 0 saturated heterocycles.